The highest BCUT2D eigenvalue weighted by Gasteiger charge is 2.33. The quantitative estimate of drug-likeness (QED) is 0.374. The fraction of sp³-hybridized carbons (Fsp3) is 1.00. The minimum atomic E-state index is -2.20. The molecule has 0 saturated heterocycles. The summed E-state index contributed by atoms with van der Waals surface area (Å²) in [7, 11) is 3.57. The van der Waals surface area contributed by atoms with Crippen LogP contribution in [0.5, 0.6) is 0 Å². The van der Waals surface area contributed by atoms with Gasteiger partial charge in [0.2, 0.25) is 6.23 Å². The Balaban J connectivity index is 3.95. The highest BCUT2D eigenvalue weighted by atomic mass is 31.1. The van der Waals surface area contributed by atoms with Crippen molar-refractivity contribution in [2.24, 2.45) is 0 Å². The molecule has 0 aromatic heterocycles. The zero-order chi connectivity index (χ0) is 11.4. The second kappa shape index (κ2) is 5.73. The molecule has 14 heavy (non-hydrogen) atoms. The maximum Gasteiger partial charge on any atom is 0.703 e. The van der Waals surface area contributed by atoms with Crippen LogP contribution in [0.4, 0.5) is 0 Å². The summed E-state index contributed by atoms with van der Waals surface area (Å²) in [4.78, 5) is 0. The van der Waals surface area contributed by atoms with E-state index in [0.717, 1.165) is 0 Å². The summed E-state index contributed by atoms with van der Waals surface area (Å²) < 4.78 is 21.7. The van der Waals surface area contributed by atoms with E-state index < -0.39 is 21.0 Å². The molecule has 3 unspecified atom stereocenters. The van der Waals surface area contributed by atoms with Crippen LogP contribution in [-0.4, -0.2) is 44.6 Å². The second-order valence-corrected chi connectivity index (χ2v) is 5.00. The summed E-state index contributed by atoms with van der Waals surface area (Å²) in [5.41, 5.74) is 0. The van der Waals surface area contributed by atoms with E-state index in [1.807, 2.05) is 21.1 Å². The van der Waals surface area contributed by atoms with Gasteiger partial charge in [0.15, 0.2) is 0 Å². The van der Waals surface area contributed by atoms with Gasteiger partial charge in [-0.1, -0.05) is 4.52 Å². The Hall–Kier alpha value is -0.0600. The molecule has 5 nitrogen and oxygen atoms in total. The van der Waals surface area contributed by atoms with Crippen LogP contribution in [0.25, 0.3) is 0 Å². The van der Waals surface area contributed by atoms with Crippen LogP contribution in [0, 0.1) is 0 Å². The van der Waals surface area contributed by atoms with Crippen molar-refractivity contribution >= 4 is 8.25 Å². The molecular weight excluding hydrogens is 205 g/mol. The highest BCUT2D eigenvalue weighted by molar-refractivity contribution is 7.33. The van der Waals surface area contributed by atoms with Crippen molar-refractivity contribution in [3.05, 3.63) is 0 Å². The van der Waals surface area contributed by atoms with E-state index in [1.165, 1.54) is 0 Å². The molecule has 0 spiro atoms. The fourth-order valence-corrected chi connectivity index (χ4v) is 1.40. The normalized spacial score (nSPS) is 17.7. The first-order valence-electron chi connectivity index (χ1n) is 4.47. The third-order valence-electron chi connectivity index (χ3n) is 1.83. The first-order valence-corrected chi connectivity index (χ1v) is 5.57. The summed E-state index contributed by atoms with van der Waals surface area (Å²) in [5.74, 6) is 0. The average molecular weight is 224 g/mol. The van der Waals surface area contributed by atoms with E-state index in [4.69, 9.17) is 9.05 Å². The van der Waals surface area contributed by atoms with Gasteiger partial charge in [0.05, 0.1) is 27.2 Å². The zero-order valence-electron chi connectivity index (χ0n) is 9.39. The van der Waals surface area contributed by atoms with Crippen molar-refractivity contribution in [2.45, 2.75) is 26.2 Å². The van der Waals surface area contributed by atoms with Crippen LogP contribution in [-0.2, 0) is 13.6 Å². The lowest BCUT2D eigenvalue weighted by molar-refractivity contribution is -0.913. The lowest BCUT2D eigenvalue weighted by Crippen LogP contribution is -2.43. The van der Waals surface area contributed by atoms with Gasteiger partial charge in [-0.15, -0.1) is 11.1 Å². The van der Waals surface area contributed by atoms with Crippen LogP contribution >= 0.6 is 8.25 Å². The van der Waals surface area contributed by atoms with E-state index >= 15 is 0 Å². The first-order chi connectivity index (χ1) is 6.27. The lowest BCUT2D eigenvalue weighted by atomic mass is 10.5. The van der Waals surface area contributed by atoms with E-state index in [-0.39, 0.29) is 6.23 Å². The molecule has 0 N–H and O–H groups in total. The molecule has 0 rings (SSSR count). The fourth-order valence-electron chi connectivity index (χ4n) is 0.468. The van der Waals surface area contributed by atoms with Crippen LogP contribution in [0.1, 0.15) is 13.8 Å². The minimum Gasteiger partial charge on any atom is -0.853 e. The summed E-state index contributed by atoms with van der Waals surface area (Å²) >= 11 is 0. The summed E-state index contributed by atoms with van der Waals surface area (Å²) in [6.07, 6.45) is -0.809. The number of hydrogen-bond acceptors (Lipinski definition) is 4. The van der Waals surface area contributed by atoms with Crippen molar-refractivity contribution in [1.29, 1.82) is 0 Å². The van der Waals surface area contributed by atoms with Gasteiger partial charge in [0.1, 0.15) is 0 Å². The van der Waals surface area contributed by atoms with E-state index in [0.29, 0.717) is 4.48 Å². The first kappa shape index (κ1) is 13.9. The van der Waals surface area contributed by atoms with E-state index in [9.17, 15) is 9.67 Å². The van der Waals surface area contributed by atoms with Crippen LogP contribution in [0.15, 0.2) is 0 Å². The van der Waals surface area contributed by atoms with Crippen molar-refractivity contribution in [3.63, 3.8) is 0 Å². The van der Waals surface area contributed by atoms with Gasteiger partial charge in [-0.3, -0.25) is 0 Å². The molecule has 0 aliphatic rings. The van der Waals surface area contributed by atoms with E-state index in [2.05, 4.69) is 0 Å². The number of hydrogen-bond donors (Lipinski definition) is 0. The lowest BCUT2D eigenvalue weighted by Gasteiger charge is -2.26. The molecule has 0 bridgehead atoms. The van der Waals surface area contributed by atoms with Crippen molar-refractivity contribution in [2.75, 3.05) is 27.7 Å². The molecule has 6 heteroatoms. The maximum atomic E-state index is 11.2. The van der Waals surface area contributed by atoms with Crippen molar-refractivity contribution in [1.82, 2.24) is 0 Å². The second-order valence-electron chi connectivity index (χ2n) is 4.13. The number of nitrogens with zero attached hydrogens (tertiary/aromatic N) is 1. The Kier molecular flexibility index (Phi) is 5.71. The van der Waals surface area contributed by atoms with Gasteiger partial charge in [0.25, 0.3) is 0 Å². The van der Waals surface area contributed by atoms with Crippen LogP contribution < -0.4 is 5.11 Å². The smallest absolute Gasteiger partial charge is 0.703 e. The molecule has 0 aliphatic carbocycles. The predicted octanol–water partition coefficient (Wildman–Crippen LogP) is 0.478. The highest BCUT2D eigenvalue weighted by Crippen LogP contribution is 2.29. The molecular formula is C8H19NO4P+. The van der Waals surface area contributed by atoms with Gasteiger partial charge < -0.3 is 9.59 Å². The predicted molar refractivity (Wildman–Crippen MR) is 51.6 cm³/mol. The Morgan fingerprint density at radius 3 is 2.14 bits per heavy atom. The molecule has 0 aromatic carbocycles. The average Bonchev–Trinajstić information content (AvgIpc) is 2.02. The topological polar surface area (TPSA) is 58.6 Å². The summed E-state index contributed by atoms with van der Waals surface area (Å²) in [6, 6.07) is 0. The summed E-state index contributed by atoms with van der Waals surface area (Å²) in [5, 5.41) is 10.3. The minimum absolute atomic E-state index is 0.238. The van der Waals surface area contributed by atoms with Gasteiger partial charge in [-0.05, 0) is 6.92 Å². The third kappa shape index (κ3) is 5.62. The molecule has 0 heterocycles. The van der Waals surface area contributed by atoms with Gasteiger partial charge >= 0.3 is 8.25 Å². The summed E-state index contributed by atoms with van der Waals surface area (Å²) in [6.45, 7) is 2.96. The Bertz CT molecular complexity index is 192. The SMILES string of the molecule is CC(C[O-])O[P+](=O)OC(C)[N+](C)(C)C. The molecule has 0 amide bonds. The maximum absolute atomic E-state index is 11.2. The molecule has 0 saturated carbocycles. The molecule has 0 aromatic rings. The van der Waals surface area contributed by atoms with E-state index in [1.54, 1.807) is 13.8 Å². The van der Waals surface area contributed by atoms with Gasteiger partial charge in [-0.25, -0.2) is 0 Å². The Morgan fingerprint density at radius 2 is 1.79 bits per heavy atom. The number of quaternary nitrogens is 1. The molecule has 0 fully saturated rings. The molecule has 84 valence electrons. The standard InChI is InChI=1S/C8H19NO4P/c1-7(6-10)12-14(11)13-8(2)9(3,4)5/h7-8H,6H2,1-5H3/q+1. The van der Waals surface area contributed by atoms with Crippen LogP contribution in [0.3, 0.4) is 0 Å². The molecule has 0 aliphatic heterocycles. The monoisotopic (exact) mass is 224 g/mol. The largest absolute Gasteiger partial charge is 0.853 e. The van der Waals surface area contributed by atoms with Crippen molar-refractivity contribution < 1.29 is 23.2 Å². The molecule has 3 atom stereocenters. The van der Waals surface area contributed by atoms with Gasteiger partial charge in [0, 0.05) is 11.5 Å². The Morgan fingerprint density at radius 1 is 1.29 bits per heavy atom. The molecule has 0 radical (unpaired) electrons. The van der Waals surface area contributed by atoms with Crippen LogP contribution in [0.2, 0.25) is 0 Å². The number of rotatable bonds is 6. The third-order valence-corrected chi connectivity index (χ3v) is 2.84. The zero-order valence-corrected chi connectivity index (χ0v) is 10.3. The van der Waals surface area contributed by atoms with Crippen molar-refractivity contribution in [3.8, 4) is 0 Å². The van der Waals surface area contributed by atoms with Gasteiger partial charge in [-0.2, -0.15) is 0 Å². The Labute approximate surface area is 86.2 Å².